The van der Waals surface area contributed by atoms with Gasteiger partial charge in [-0.2, -0.15) is 8.42 Å². The number of esters is 1. The van der Waals surface area contributed by atoms with E-state index < -0.39 is 33.8 Å². The second-order valence-electron chi connectivity index (χ2n) is 8.51. The van der Waals surface area contributed by atoms with E-state index in [1.807, 2.05) is 6.92 Å². The van der Waals surface area contributed by atoms with E-state index >= 15 is 0 Å². The van der Waals surface area contributed by atoms with Crippen molar-refractivity contribution in [3.63, 3.8) is 0 Å². The van der Waals surface area contributed by atoms with Crippen molar-refractivity contribution >= 4 is 22.2 Å². The van der Waals surface area contributed by atoms with Gasteiger partial charge in [0.1, 0.15) is 30.6 Å². The van der Waals surface area contributed by atoms with Crippen LogP contribution in [0.3, 0.4) is 0 Å². The minimum atomic E-state index is -3.85. The number of carbonyl (C=O) groups is 2. The first-order valence-corrected chi connectivity index (χ1v) is 12.1. The third-order valence-corrected chi connectivity index (χ3v) is 5.77. The predicted molar refractivity (Wildman–Crippen MR) is 125 cm³/mol. The van der Waals surface area contributed by atoms with Gasteiger partial charge >= 0.3 is 12.1 Å². The highest BCUT2D eigenvalue weighted by atomic mass is 32.2. The number of carbonyl (C=O) groups excluding carboxylic acids is 2. The van der Waals surface area contributed by atoms with Gasteiger partial charge in [0.25, 0.3) is 10.1 Å². The molecular weight excluding hydrogens is 462 g/mol. The fourth-order valence-electron chi connectivity index (χ4n) is 2.82. The minimum absolute atomic E-state index is 0.0232. The number of hydrogen-bond acceptors (Lipinski definition) is 8. The summed E-state index contributed by atoms with van der Waals surface area (Å²) in [5.74, 6) is -0.104. The van der Waals surface area contributed by atoms with Gasteiger partial charge in [-0.25, -0.2) is 9.59 Å². The molecule has 0 aliphatic rings. The molecule has 0 unspecified atom stereocenters. The number of rotatable bonds is 10. The third kappa shape index (κ3) is 9.03. The molecule has 0 aliphatic carbocycles. The molecule has 0 spiro atoms. The Kier molecular flexibility index (Phi) is 9.46. The first-order valence-electron chi connectivity index (χ1n) is 10.6. The molecule has 34 heavy (non-hydrogen) atoms. The SMILES string of the molecule is COC(=O)[C@H](Cc1ccc(OCCOS(=O)(=O)c2ccc(C)cc2)cc1)NC(=O)OC(C)(C)C. The van der Waals surface area contributed by atoms with Gasteiger partial charge in [-0.1, -0.05) is 29.8 Å². The number of aryl methyl sites for hydroxylation is 1. The summed E-state index contributed by atoms with van der Waals surface area (Å²) in [6.45, 7) is 6.91. The van der Waals surface area contributed by atoms with Crippen LogP contribution in [0.2, 0.25) is 0 Å². The third-order valence-electron chi connectivity index (χ3n) is 4.44. The highest BCUT2D eigenvalue weighted by Crippen LogP contribution is 2.16. The summed E-state index contributed by atoms with van der Waals surface area (Å²) in [7, 11) is -2.61. The molecule has 0 aromatic heterocycles. The molecule has 0 fully saturated rings. The van der Waals surface area contributed by atoms with Crippen LogP contribution in [0.4, 0.5) is 4.79 Å². The normalized spacial score (nSPS) is 12.5. The van der Waals surface area contributed by atoms with E-state index in [0.717, 1.165) is 11.1 Å². The number of hydrogen-bond donors (Lipinski definition) is 1. The van der Waals surface area contributed by atoms with E-state index in [1.165, 1.54) is 19.2 Å². The summed E-state index contributed by atoms with van der Waals surface area (Å²) in [6.07, 6.45) is -0.534. The van der Waals surface area contributed by atoms with Gasteiger partial charge in [-0.15, -0.1) is 0 Å². The maximum absolute atomic E-state index is 12.2. The van der Waals surface area contributed by atoms with E-state index in [1.54, 1.807) is 57.2 Å². The molecule has 2 aromatic carbocycles. The number of alkyl carbamates (subject to hydrolysis) is 1. The molecule has 0 heterocycles. The van der Waals surface area contributed by atoms with Crippen LogP contribution in [0.25, 0.3) is 0 Å². The highest BCUT2D eigenvalue weighted by Gasteiger charge is 2.25. The fourth-order valence-corrected chi connectivity index (χ4v) is 3.71. The van der Waals surface area contributed by atoms with Crippen molar-refractivity contribution in [3.8, 4) is 5.75 Å². The summed E-state index contributed by atoms with van der Waals surface area (Å²) in [6, 6.07) is 12.2. The molecule has 10 heteroatoms. The average Bonchev–Trinajstić information content (AvgIpc) is 2.76. The van der Waals surface area contributed by atoms with Gasteiger partial charge in [0, 0.05) is 6.42 Å². The van der Waals surface area contributed by atoms with Crippen molar-refractivity contribution in [1.82, 2.24) is 5.32 Å². The molecule has 186 valence electrons. The zero-order valence-electron chi connectivity index (χ0n) is 20.0. The Morgan fingerprint density at radius 1 is 0.971 bits per heavy atom. The van der Waals surface area contributed by atoms with Crippen LogP contribution in [0.1, 0.15) is 31.9 Å². The van der Waals surface area contributed by atoms with Crippen molar-refractivity contribution in [2.45, 2.75) is 50.7 Å². The molecule has 0 aliphatic heterocycles. The molecule has 0 radical (unpaired) electrons. The predicted octanol–water partition coefficient (Wildman–Crippen LogP) is 3.39. The minimum Gasteiger partial charge on any atom is -0.491 e. The zero-order chi connectivity index (χ0) is 25.4. The van der Waals surface area contributed by atoms with Crippen LogP contribution in [-0.2, 0) is 35.0 Å². The quantitative estimate of drug-likeness (QED) is 0.304. The summed E-state index contributed by atoms with van der Waals surface area (Å²) < 4.78 is 44.9. The Labute approximate surface area is 200 Å². The average molecular weight is 494 g/mol. The first-order chi connectivity index (χ1) is 15.9. The van der Waals surface area contributed by atoms with Gasteiger partial charge in [-0.05, 0) is 57.5 Å². The van der Waals surface area contributed by atoms with E-state index in [9.17, 15) is 18.0 Å². The van der Waals surface area contributed by atoms with Crippen molar-refractivity contribution in [2.75, 3.05) is 20.3 Å². The monoisotopic (exact) mass is 493 g/mol. The number of methoxy groups -OCH3 is 1. The Morgan fingerprint density at radius 3 is 2.15 bits per heavy atom. The largest absolute Gasteiger partial charge is 0.491 e. The molecule has 0 bridgehead atoms. The molecular formula is C24H31NO8S. The van der Waals surface area contributed by atoms with Gasteiger partial charge in [0.2, 0.25) is 0 Å². The van der Waals surface area contributed by atoms with Crippen LogP contribution in [0.5, 0.6) is 5.75 Å². The van der Waals surface area contributed by atoms with E-state index in [2.05, 4.69) is 5.32 Å². The van der Waals surface area contributed by atoms with Crippen LogP contribution < -0.4 is 10.1 Å². The lowest BCUT2D eigenvalue weighted by Gasteiger charge is -2.22. The maximum atomic E-state index is 12.2. The molecule has 9 nitrogen and oxygen atoms in total. The van der Waals surface area contributed by atoms with Crippen molar-refractivity contribution in [2.24, 2.45) is 0 Å². The molecule has 2 rings (SSSR count). The molecule has 2 aromatic rings. The molecule has 1 atom stereocenters. The fraction of sp³-hybridized carbons (Fsp3) is 0.417. The Hall–Kier alpha value is -3.11. The van der Waals surface area contributed by atoms with Gasteiger partial charge in [0.15, 0.2) is 0 Å². The van der Waals surface area contributed by atoms with Crippen molar-refractivity contribution < 1.29 is 36.4 Å². The lowest BCUT2D eigenvalue weighted by atomic mass is 10.1. The number of nitrogens with one attached hydrogen (secondary N) is 1. The highest BCUT2D eigenvalue weighted by molar-refractivity contribution is 7.86. The number of benzene rings is 2. The molecule has 0 saturated carbocycles. The summed E-state index contributed by atoms with van der Waals surface area (Å²) in [5, 5.41) is 2.52. The van der Waals surface area contributed by atoms with Gasteiger partial charge in [0.05, 0.1) is 12.0 Å². The summed E-state index contributed by atoms with van der Waals surface area (Å²) in [5.41, 5.74) is 0.994. The molecule has 1 amide bonds. The standard InChI is InChI=1S/C24H31NO8S/c1-17-6-12-20(13-7-17)34(28,29)32-15-14-31-19-10-8-18(9-11-19)16-21(22(26)30-5)25-23(27)33-24(2,3)4/h6-13,21H,14-16H2,1-5H3,(H,25,27)/t21-/m0/s1. The Morgan fingerprint density at radius 2 is 1.59 bits per heavy atom. The molecule has 1 N–H and O–H groups in total. The van der Waals surface area contributed by atoms with Crippen LogP contribution >= 0.6 is 0 Å². The number of amides is 1. The van der Waals surface area contributed by atoms with Crippen molar-refractivity contribution in [1.29, 1.82) is 0 Å². The van der Waals surface area contributed by atoms with Gasteiger partial charge in [-0.3, -0.25) is 4.18 Å². The summed E-state index contributed by atoms with van der Waals surface area (Å²) >= 11 is 0. The van der Waals surface area contributed by atoms with Crippen LogP contribution in [0, 0.1) is 6.92 Å². The van der Waals surface area contributed by atoms with E-state index in [-0.39, 0.29) is 24.5 Å². The van der Waals surface area contributed by atoms with Crippen LogP contribution in [0.15, 0.2) is 53.4 Å². The Bertz CT molecular complexity index is 1060. The van der Waals surface area contributed by atoms with Crippen LogP contribution in [-0.4, -0.2) is 52.4 Å². The van der Waals surface area contributed by atoms with E-state index in [4.69, 9.17) is 18.4 Å². The number of ether oxygens (including phenoxy) is 3. The van der Waals surface area contributed by atoms with Gasteiger partial charge < -0.3 is 19.5 Å². The van der Waals surface area contributed by atoms with E-state index in [0.29, 0.717) is 5.75 Å². The lowest BCUT2D eigenvalue weighted by Crippen LogP contribution is -2.45. The topological polar surface area (TPSA) is 117 Å². The van der Waals surface area contributed by atoms with Crippen molar-refractivity contribution in [3.05, 3.63) is 59.7 Å². The zero-order valence-corrected chi connectivity index (χ0v) is 20.8. The Balaban J connectivity index is 1.87. The second-order valence-corrected chi connectivity index (χ2v) is 10.1. The molecule has 0 saturated heterocycles. The smallest absolute Gasteiger partial charge is 0.408 e. The summed E-state index contributed by atoms with van der Waals surface area (Å²) in [4.78, 5) is 24.2. The maximum Gasteiger partial charge on any atom is 0.408 e. The second kappa shape index (κ2) is 11.8. The first kappa shape index (κ1) is 27.1. The lowest BCUT2D eigenvalue weighted by molar-refractivity contribution is -0.143.